The topological polar surface area (TPSA) is 41.1 Å². The number of alkyl halides is 3. The van der Waals surface area contributed by atoms with Crippen LogP contribution in [0.5, 0.6) is 0 Å². The molecule has 1 aliphatic heterocycles. The third-order valence-corrected chi connectivity index (χ3v) is 4.03. The van der Waals surface area contributed by atoms with Crippen LogP contribution in [0.25, 0.3) is 0 Å². The number of nitrogens with zero attached hydrogens (tertiary/aromatic N) is 3. The minimum absolute atomic E-state index is 0.220. The van der Waals surface area contributed by atoms with Crippen LogP contribution < -0.4 is 10.2 Å². The van der Waals surface area contributed by atoms with Crippen molar-refractivity contribution in [1.29, 1.82) is 0 Å². The van der Waals surface area contributed by atoms with Crippen molar-refractivity contribution in [2.45, 2.75) is 37.9 Å². The largest absolute Gasteiger partial charge is 0.433 e. The maximum Gasteiger partial charge on any atom is 0.433 e. The second-order valence-corrected chi connectivity index (χ2v) is 5.84. The van der Waals surface area contributed by atoms with Crippen molar-refractivity contribution < 1.29 is 13.2 Å². The molecule has 2 aliphatic rings. The zero-order valence-corrected chi connectivity index (χ0v) is 11.7. The molecule has 1 aromatic rings. The highest BCUT2D eigenvalue weighted by atomic mass is 19.4. The van der Waals surface area contributed by atoms with Gasteiger partial charge in [0, 0.05) is 18.8 Å². The molecule has 0 spiro atoms. The van der Waals surface area contributed by atoms with Gasteiger partial charge in [0.2, 0.25) is 5.95 Å². The first kappa shape index (κ1) is 14.6. The van der Waals surface area contributed by atoms with E-state index in [9.17, 15) is 13.2 Å². The molecule has 1 atom stereocenters. The molecule has 116 valence electrons. The lowest BCUT2D eigenvalue weighted by atomic mass is 9.99. The molecule has 1 N–H and O–H groups in total. The summed E-state index contributed by atoms with van der Waals surface area (Å²) in [6.07, 6.45) is 1.04. The zero-order valence-electron chi connectivity index (χ0n) is 11.7. The minimum atomic E-state index is -4.42. The average Bonchev–Trinajstić information content (AvgIpc) is 3.30. The van der Waals surface area contributed by atoms with Gasteiger partial charge in [0.1, 0.15) is 5.69 Å². The van der Waals surface area contributed by atoms with Gasteiger partial charge in [-0.15, -0.1) is 0 Å². The van der Waals surface area contributed by atoms with E-state index in [0.717, 1.165) is 51.4 Å². The molecule has 3 rings (SSSR count). The summed E-state index contributed by atoms with van der Waals surface area (Å²) in [6, 6.07) is 1.23. The second kappa shape index (κ2) is 5.79. The van der Waals surface area contributed by atoms with E-state index in [1.165, 1.54) is 6.20 Å². The standard InChI is InChI=1S/C14H19F3N4/c15-14(16,17)12-5-7-19-13(20-12)21(11-3-4-11)9-10-2-1-6-18-8-10/h5,7,10-11,18H,1-4,6,8-9H2. The molecule has 21 heavy (non-hydrogen) atoms. The van der Waals surface area contributed by atoms with Crippen molar-refractivity contribution in [2.24, 2.45) is 5.92 Å². The number of rotatable bonds is 4. The molecule has 0 aromatic carbocycles. The van der Waals surface area contributed by atoms with Crippen molar-refractivity contribution in [3.63, 3.8) is 0 Å². The molecule has 0 amide bonds. The molecule has 1 unspecified atom stereocenters. The summed E-state index contributed by atoms with van der Waals surface area (Å²) in [5.74, 6) is 0.676. The maximum atomic E-state index is 12.8. The smallest absolute Gasteiger partial charge is 0.338 e. The first-order valence-corrected chi connectivity index (χ1v) is 7.41. The third kappa shape index (κ3) is 3.64. The summed E-state index contributed by atoms with van der Waals surface area (Å²) in [5.41, 5.74) is -0.861. The number of hydrogen-bond donors (Lipinski definition) is 1. The Morgan fingerprint density at radius 3 is 2.71 bits per heavy atom. The number of piperidine rings is 1. The molecule has 0 bridgehead atoms. The molecule has 7 heteroatoms. The number of aromatic nitrogens is 2. The lowest BCUT2D eigenvalue weighted by Crippen LogP contribution is -2.40. The number of anilines is 1. The van der Waals surface area contributed by atoms with Gasteiger partial charge < -0.3 is 10.2 Å². The van der Waals surface area contributed by atoms with E-state index in [4.69, 9.17) is 0 Å². The van der Waals surface area contributed by atoms with Crippen LogP contribution in [0, 0.1) is 5.92 Å². The normalized spacial score (nSPS) is 23.1. The molecule has 2 fully saturated rings. The van der Waals surface area contributed by atoms with E-state index in [1.54, 1.807) is 0 Å². The Morgan fingerprint density at radius 2 is 2.10 bits per heavy atom. The number of halogens is 3. The SMILES string of the molecule is FC(F)(F)c1ccnc(N(CC2CCCNC2)C2CC2)n1. The highest BCUT2D eigenvalue weighted by molar-refractivity contribution is 5.35. The predicted molar refractivity (Wildman–Crippen MR) is 73.0 cm³/mol. The molecule has 0 radical (unpaired) electrons. The fourth-order valence-corrected chi connectivity index (χ4v) is 2.78. The minimum Gasteiger partial charge on any atom is -0.338 e. The Balaban J connectivity index is 1.77. The molecule has 1 aliphatic carbocycles. The lowest BCUT2D eigenvalue weighted by Gasteiger charge is -2.30. The Morgan fingerprint density at radius 1 is 1.29 bits per heavy atom. The van der Waals surface area contributed by atoms with Gasteiger partial charge in [-0.05, 0) is 50.8 Å². The highest BCUT2D eigenvalue weighted by Crippen LogP contribution is 2.33. The summed E-state index contributed by atoms with van der Waals surface area (Å²) < 4.78 is 38.4. The van der Waals surface area contributed by atoms with Crippen molar-refractivity contribution in [2.75, 3.05) is 24.5 Å². The third-order valence-electron chi connectivity index (χ3n) is 4.03. The van der Waals surface area contributed by atoms with Crippen molar-refractivity contribution >= 4 is 5.95 Å². The van der Waals surface area contributed by atoms with Crippen LogP contribution in [0.3, 0.4) is 0 Å². The Kier molecular flexibility index (Phi) is 4.01. The monoisotopic (exact) mass is 300 g/mol. The van der Waals surface area contributed by atoms with Crippen molar-refractivity contribution in [3.05, 3.63) is 18.0 Å². The first-order chi connectivity index (χ1) is 10.0. The van der Waals surface area contributed by atoms with Gasteiger partial charge in [0.15, 0.2) is 0 Å². The van der Waals surface area contributed by atoms with Gasteiger partial charge in [0.05, 0.1) is 0 Å². The van der Waals surface area contributed by atoms with Crippen LogP contribution in [0.1, 0.15) is 31.4 Å². The molecule has 1 aromatic heterocycles. The first-order valence-electron chi connectivity index (χ1n) is 7.41. The second-order valence-electron chi connectivity index (χ2n) is 5.84. The summed E-state index contributed by atoms with van der Waals surface area (Å²) in [5, 5.41) is 3.34. The van der Waals surface area contributed by atoms with Crippen LogP contribution in [-0.2, 0) is 6.18 Å². The Hall–Kier alpha value is -1.37. The van der Waals surface area contributed by atoms with Gasteiger partial charge in [0.25, 0.3) is 0 Å². The Bertz CT molecular complexity index is 481. The fraction of sp³-hybridized carbons (Fsp3) is 0.714. The summed E-state index contributed by atoms with van der Waals surface area (Å²) in [7, 11) is 0. The molecular weight excluding hydrogens is 281 g/mol. The van der Waals surface area contributed by atoms with Gasteiger partial charge in [-0.3, -0.25) is 0 Å². The van der Waals surface area contributed by atoms with E-state index < -0.39 is 11.9 Å². The van der Waals surface area contributed by atoms with E-state index >= 15 is 0 Å². The maximum absolute atomic E-state index is 12.8. The van der Waals surface area contributed by atoms with Gasteiger partial charge in [-0.2, -0.15) is 13.2 Å². The van der Waals surface area contributed by atoms with E-state index in [1.807, 2.05) is 4.90 Å². The van der Waals surface area contributed by atoms with Gasteiger partial charge in [-0.25, -0.2) is 9.97 Å². The molecule has 1 saturated carbocycles. The number of nitrogens with one attached hydrogen (secondary N) is 1. The zero-order chi connectivity index (χ0) is 14.9. The summed E-state index contributed by atoms with van der Waals surface area (Å²) in [4.78, 5) is 9.78. The van der Waals surface area contributed by atoms with Gasteiger partial charge >= 0.3 is 6.18 Å². The van der Waals surface area contributed by atoms with Crippen LogP contribution in [-0.4, -0.2) is 35.6 Å². The quantitative estimate of drug-likeness (QED) is 0.927. The molecule has 4 nitrogen and oxygen atoms in total. The molecule has 1 saturated heterocycles. The summed E-state index contributed by atoms with van der Waals surface area (Å²) in [6.45, 7) is 2.68. The van der Waals surface area contributed by atoms with Gasteiger partial charge in [-0.1, -0.05) is 0 Å². The van der Waals surface area contributed by atoms with Crippen molar-refractivity contribution in [3.8, 4) is 0 Å². The average molecular weight is 300 g/mol. The Labute approximate surface area is 121 Å². The lowest BCUT2D eigenvalue weighted by molar-refractivity contribution is -0.141. The highest BCUT2D eigenvalue weighted by Gasteiger charge is 2.36. The van der Waals surface area contributed by atoms with E-state index in [-0.39, 0.29) is 5.95 Å². The van der Waals surface area contributed by atoms with Crippen LogP contribution >= 0.6 is 0 Å². The molecular formula is C14H19F3N4. The van der Waals surface area contributed by atoms with E-state index in [0.29, 0.717) is 12.0 Å². The van der Waals surface area contributed by atoms with Crippen molar-refractivity contribution in [1.82, 2.24) is 15.3 Å². The number of hydrogen-bond acceptors (Lipinski definition) is 4. The summed E-state index contributed by atoms with van der Waals surface area (Å²) >= 11 is 0. The molecule has 2 heterocycles. The van der Waals surface area contributed by atoms with Crippen LogP contribution in [0.4, 0.5) is 19.1 Å². The van der Waals surface area contributed by atoms with Crippen LogP contribution in [0.15, 0.2) is 12.3 Å². The van der Waals surface area contributed by atoms with E-state index in [2.05, 4.69) is 15.3 Å². The fourth-order valence-electron chi connectivity index (χ4n) is 2.78. The predicted octanol–water partition coefficient (Wildman–Crippen LogP) is 2.46. The van der Waals surface area contributed by atoms with Crippen LogP contribution in [0.2, 0.25) is 0 Å².